The maximum atomic E-state index is 13.5. The van der Waals surface area contributed by atoms with Gasteiger partial charge in [-0.2, -0.15) is 26.3 Å². The summed E-state index contributed by atoms with van der Waals surface area (Å²) in [4.78, 5) is 11.7. The lowest BCUT2D eigenvalue weighted by molar-refractivity contribution is -0.141. The van der Waals surface area contributed by atoms with Gasteiger partial charge in [0.1, 0.15) is 0 Å². The van der Waals surface area contributed by atoms with Gasteiger partial charge in [-0.3, -0.25) is 4.79 Å². The average molecular weight is 404 g/mol. The minimum Gasteiger partial charge on any atom is -0.366 e. The number of primary amides is 1. The molecule has 0 bridgehead atoms. The molecule has 1 aromatic heterocycles. The van der Waals surface area contributed by atoms with Gasteiger partial charge >= 0.3 is 12.4 Å². The van der Waals surface area contributed by atoms with E-state index in [-0.39, 0.29) is 11.3 Å². The predicted octanol–water partition coefficient (Wildman–Crippen LogP) is 5.40. The standard InChI is InChI=1S/C19H18F6N2O/c1-10-13(17(26)28)9-16(27(10)7-6-11-2-3-11)14-8-12(18(20,21)22)4-5-15(14)19(23,24)25/h4-5,8-9,11H,2-3,6-7H2,1H3,(H2,26,28). The zero-order chi connectivity index (χ0) is 20.9. The van der Waals surface area contributed by atoms with Crippen molar-refractivity contribution < 1.29 is 31.1 Å². The highest BCUT2D eigenvalue weighted by Gasteiger charge is 2.38. The first-order valence-corrected chi connectivity index (χ1v) is 8.68. The van der Waals surface area contributed by atoms with E-state index in [1.165, 1.54) is 11.5 Å². The Morgan fingerprint density at radius 3 is 2.25 bits per heavy atom. The Balaban J connectivity index is 2.22. The summed E-state index contributed by atoms with van der Waals surface area (Å²) in [7, 11) is 0. The van der Waals surface area contributed by atoms with Crippen molar-refractivity contribution in [1.82, 2.24) is 4.57 Å². The smallest absolute Gasteiger partial charge is 0.366 e. The second kappa shape index (κ2) is 6.86. The molecule has 3 nitrogen and oxygen atoms in total. The van der Waals surface area contributed by atoms with E-state index in [1.807, 2.05) is 0 Å². The van der Waals surface area contributed by atoms with Gasteiger partial charge in [-0.05, 0) is 43.5 Å². The second-order valence-corrected chi connectivity index (χ2v) is 7.03. The van der Waals surface area contributed by atoms with Crippen LogP contribution < -0.4 is 5.73 Å². The number of rotatable bonds is 5. The lowest BCUT2D eigenvalue weighted by Crippen LogP contribution is -2.13. The normalized spacial score (nSPS) is 15.1. The summed E-state index contributed by atoms with van der Waals surface area (Å²) < 4.78 is 81.3. The molecule has 1 saturated carbocycles. The number of benzene rings is 1. The van der Waals surface area contributed by atoms with Gasteiger partial charge < -0.3 is 10.3 Å². The lowest BCUT2D eigenvalue weighted by atomic mass is 10.00. The Kier molecular flexibility index (Phi) is 4.97. The summed E-state index contributed by atoms with van der Waals surface area (Å²) in [5.74, 6) is -0.403. The fourth-order valence-corrected chi connectivity index (χ4v) is 3.30. The fourth-order valence-electron chi connectivity index (χ4n) is 3.30. The number of carbonyl (C=O) groups excluding carboxylic acids is 1. The zero-order valence-electron chi connectivity index (χ0n) is 14.9. The van der Waals surface area contributed by atoms with E-state index in [0.717, 1.165) is 18.9 Å². The lowest BCUT2D eigenvalue weighted by Gasteiger charge is -2.18. The van der Waals surface area contributed by atoms with Gasteiger partial charge in [0.2, 0.25) is 0 Å². The van der Waals surface area contributed by atoms with Crippen molar-refractivity contribution in [3.8, 4) is 11.3 Å². The van der Waals surface area contributed by atoms with Crippen molar-refractivity contribution in [3.63, 3.8) is 0 Å². The highest BCUT2D eigenvalue weighted by Crippen LogP contribution is 2.42. The van der Waals surface area contributed by atoms with Crippen LogP contribution in [0.3, 0.4) is 0 Å². The second-order valence-electron chi connectivity index (χ2n) is 7.03. The van der Waals surface area contributed by atoms with E-state index >= 15 is 0 Å². The van der Waals surface area contributed by atoms with Crippen molar-refractivity contribution in [2.75, 3.05) is 0 Å². The summed E-state index contributed by atoms with van der Waals surface area (Å²) in [5, 5.41) is 0. The van der Waals surface area contributed by atoms with Gasteiger partial charge in [0.25, 0.3) is 5.91 Å². The molecule has 0 saturated heterocycles. The summed E-state index contributed by atoms with van der Waals surface area (Å²) >= 11 is 0. The molecule has 152 valence electrons. The number of alkyl halides is 6. The minimum absolute atomic E-state index is 0.00340. The Bertz CT molecular complexity index is 906. The van der Waals surface area contributed by atoms with Crippen LogP contribution in [-0.2, 0) is 18.9 Å². The molecule has 0 aliphatic heterocycles. The maximum absolute atomic E-state index is 13.5. The molecular formula is C19H18F6N2O. The summed E-state index contributed by atoms with van der Waals surface area (Å²) in [5.41, 5.74) is 2.56. The molecule has 2 aromatic rings. The first kappa shape index (κ1) is 20.3. The number of halogens is 6. The maximum Gasteiger partial charge on any atom is 0.417 e. The van der Waals surface area contributed by atoms with Crippen molar-refractivity contribution >= 4 is 5.91 Å². The number of carbonyl (C=O) groups is 1. The largest absolute Gasteiger partial charge is 0.417 e. The number of nitrogens with two attached hydrogens (primary N) is 1. The van der Waals surface area contributed by atoms with E-state index < -0.39 is 35.0 Å². The third-order valence-corrected chi connectivity index (χ3v) is 5.02. The summed E-state index contributed by atoms with van der Waals surface area (Å²) in [6.07, 6.45) is -6.97. The van der Waals surface area contributed by atoms with E-state index in [4.69, 9.17) is 5.73 Å². The van der Waals surface area contributed by atoms with Crippen LogP contribution in [-0.4, -0.2) is 10.5 Å². The quantitative estimate of drug-likeness (QED) is 0.667. The molecule has 0 spiro atoms. The van der Waals surface area contributed by atoms with Crippen LogP contribution in [0.5, 0.6) is 0 Å². The van der Waals surface area contributed by atoms with Gasteiger partial charge in [-0.15, -0.1) is 0 Å². The fraction of sp³-hybridized carbons (Fsp3) is 0.421. The zero-order valence-corrected chi connectivity index (χ0v) is 14.9. The first-order chi connectivity index (χ1) is 12.9. The molecule has 1 aliphatic carbocycles. The highest BCUT2D eigenvalue weighted by molar-refractivity contribution is 5.95. The molecule has 2 N–H and O–H groups in total. The molecule has 1 aromatic carbocycles. The third-order valence-electron chi connectivity index (χ3n) is 5.02. The molecule has 9 heteroatoms. The van der Waals surface area contributed by atoms with Gasteiger partial charge in [0.05, 0.1) is 16.7 Å². The summed E-state index contributed by atoms with van der Waals surface area (Å²) in [6, 6.07) is 2.46. The SMILES string of the molecule is Cc1c(C(N)=O)cc(-c2cc(C(F)(F)F)ccc2C(F)(F)F)n1CCC1CC1. The Hall–Kier alpha value is -2.45. The van der Waals surface area contributed by atoms with E-state index in [0.29, 0.717) is 42.8 Å². The van der Waals surface area contributed by atoms with E-state index in [9.17, 15) is 31.1 Å². The number of amides is 1. The number of hydrogen-bond acceptors (Lipinski definition) is 1. The van der Waals surface area contributed by atoms with Crippen molar-refractivity contribution in [2.24, 2.45) is 11.7 Å². The Labute approximate surface area is 157 Å². The van der Waals surface area contributed by atoms with Gasteiger partial charge in [-0.25, -0.2) is 0 Å². The van der Waals surface area contributed by atoms with Crippen molar-refractivity contribution in [1.29, 1.82) is 0 Å². The number of nitrogens with zero attached hydrogens (tertiary/aromatic N) is 1. The molecule has 1 heterocycles. The van der Waals surface area contributed by atoms with Gasteiger partial charge in [0.15, 0.2) is 0 Å². The van der Waals surface area contributed by atoms with Gasteiger partial charge in [-0.1, -0.05) is 12.8 Å². The molecule has 1 amide bonds. The Morgan fingerprint density at radius 2 is 1.75 bits per heavy atom. The van der Waals surface area contributed by atoms with E-state index in [1.54, 1.807) is 0 Å². The topological polar surface area (TPSA) is 48.0 Å². The molecule has 1 aliphatic rings. The Morgan fingerprint density at radius 1 is 1.11 bits per heavy atom. The van der Waals surface area contributed by atoms with Crippen LogP contribution in [0.2, 0.25) is 0 Å². The van der Waals surface area contributed by atoms with Crippen LogP contribution in [0.1, 0.15) is 46.4 Å². The molecule has 0 unspecified atom stereocenters. The molecule has 1 fully saturated rings. The monoisotopic (exact) mass is 404 g/mol. The number of hydrogen-bond donors (Lipinski definition) is 1. The van der Waals surface area contributed by atoms with Crippen LogP contribution in [0.15, 0.2) is 24.3 Å². The van der Waals surface area contributed by atoms with Crippen molar-refractivity contribution in [2.45, 2.75) is 45.1 Å². The first-order valence-electron chi connectivity index (χ1n) is 8.68. The van der Waals surface area contributed by atoms with Gasteiger partial charge in [0, 0.05) is 23.5 Å². The molecule has 3 rings (SSSR count). The van der Waals surface area contributed by atoms with Crippen LogP contribution in [0, 0.1) is 12.8 Å². The van der Waals surface area contributed by atoms with Crippen LogP contribution >= 0.6 is 0 Å². The molecule has 0 radical (unpaired) electrons. The number of aromatic nitrogens is 1. The molecular weight excluding hydrogens is 386 g/mol. The molecule has 28 heavy (non-hydrogen) atoms. The average Bonchev–Trinajstić information content (AvgIpc) is 3.33. The third kappa shape index (κ3) is 4.02. The van der Waals surface area contributed by atoms with Crippen LogP contribution in [0.25, 0.3) is 11.3 Å². The van der Waals surface area contributed by atoms with E-state index in [2.05, 4.69) is 0 Å². The molecule has 0 atom stereocenters. The minimum atomic E-state index is -4.86. The predicted molar refractivity (Wildman–Crippen MR) is 90.5 cm³/mol. The van der Waals surface area contributed by atoms with Crippen molar-refractivity contribution in [3.05, 3.63) is 46.6 Å². The van der Waals surface area contributed by atoms with Crippen LogP contribution in [0.4, 0.5) is 26.3 Å². The summed E-state index contributed by atoms with van der Waals surface area (Å²) in [6.45, 7) is 1.82. The highest BCUT2D eigenvalue weighted by atomic mass is 19.4.